The fraction of sp³-hybridized carbons (Fsp3) is 0.647. The van der Waals surface area contributed by atoms with E-state index in [1.54, 1.807) is 6.92 Å². The Kier molecular flexibility index (Phi) is 9.86. The van der Waals surface area contributed by atoms with E-state index < -0.39 is 10.0 Å². The largest absolute Gasteiger partial charge is 0.287 e. The summed E-state index contributed by atoms with van der Waals surface area (Å²) in [7, 11) is -3.48. The van der Waals surface area contributed by atoms with Crippen molar-refractivity contribution >= 4 is 22.7 Å². The summed E-state index contributed by atoms with van der Waals surface area (Å²) < 4.78 is 23.6. The molecule has 0 heterocycles. The van der Waals surface area contributed by atoms with Crippen LogP contribution in [0.1, 0.15) is 63.5 Å². The molecule has 0 aliphatic rings. The lowest BCUT2D eigenvalue weighted by molar-refractivity contribution is 0.105. The highest BCUT2D eigenvalue weighted by Crippen LogP contribution is 2.20. The van der Waals surface area contributed by atoms with Crippen molar-refractivity contribution in [2.45, 2.75) is 69.4 Å². The third kappa shape index (κ3) is 8.74. The number of aryl methyl sites for hydroxylation is 1. The van der Waals surface area contributed by atoms with Gasteiger partial charge >= 0.3 is 0 Å². The van der Waals surface area contributed by atoms with Gasteiger partial charge in [-0.15, -0.1) is 12.6 Å². The number of rotatable bonds is 12. The van der Waals surface area contributed by atoms with Crippen LogP contribution in [0.4, 0.5) is 0 Å². The minimum absolute atomic E-state index is 0.122. The molecule has 4 nitrogen and oxygen atoms in total. The second-order valence-corrected chi connectivity index (χ2v) is 7.92. The van der Waals surface area contributed by atoms with E-state index in [4.69, 9.17) is 4.84 Å². The maximum Gasteiger partial charge on any atom is 0.237 e. The lowest BCUT2D eigenvalue weighted by Crippen LogP contribution is -2.25. The van der Waals surface area contributed by atoms with Crippen molar-refractivity contribution in [3.05, 3.63) is 29.3 Å². The Bertz CT molecular complexity index is 559. The van der Waals surface area contributed by atoms with Crippen LogP contribution in [0.5, 0.6) is 0 Å². The van der Waals surface area contributed by atoms with Crippen molar-refractivity contribution < 1.29 is 13.3 Å². The number of benzene rings is 1. The minimum atomic E-state index is -3.48. The van der Waals surface area contributed by atoms with E-state index in [0.717, 1.165) is 11.3 Å². The van der Waals surface area contributed by atoms with Gasteiger partial charge in [0.05, 0.1) is 12.4 Å². The molecule has 1 rings (SSSR count). The topological polar surface area (TPSA) is 55.4 Å². The standard InChI is InChI=1S/C17H29NO3S2/c1-3-5-6-7-8-9-10-15-11-12-16(17(22)13-15)14-23(19,20)18-21-4-2/h11-13,18,22H,3-10,14H2,1-2H3. The molecule has 0 bridgehead atoms. The predicted octanol–water partition coefficient (Wildman–Crippen LogP) is 4.25. The first-order valence-electron chi connectivity index (χ1n) is 8.40. The van der Waals surface area contributed by atoms with Crippen LogP contribution in [0.15, 0.2) is 23.1 Å². The van der Waals surface area contributed by atoms with Crippen LogP contribution in [0, 0.1) is 0 Å². The molecule has 132 valence electrons. The molecule has 0 saturated heterocycles. The third-order valence-electron chi connectivity index (χ3n) is 3.64. The van der Waals surface area contributed by atoms with Gasteiger partial charge in [0, 0.05) is 4.90 Å². The molecular formula is C17H29NO3S2. The SMILES string of the molecule is CCCCCCCCc1ccc(CS(=O)(=O)NOCC)c(S)c1. The zero-order valence-electron chi connectivity index (χ0n) is 14.2. The molecule has 0 spiro atoms. The van der Waals surface area contributed by atoms with Crippen LogP contribution >= 0.6 is 12.6 Å². The molecule has 6 heteroatoms. The van der Waals surface area contributed by atoms with E-state index in [1.807, 2.05) is 18.2 Å². The summed E-state index contributed by atoms with van der Waals surface area (Å²) in [6, 6.07) is 5.82. The number of hydrogen-bond acceptors (Lipinski definition) is 4. The highest BCUT2D eigenvalue weighted by molar-refractivity contribution is 7.88. The normalized spacial score (nSPS) is 11.8. The summed E-state index contributed by atoms with van der Waals surface area (Å²) in [5.74, 6) is -0.122. The average molecular weight is 360 g/mol. The van der Waals surface area contributed by atoms with Gasteiger partial charge in [-0.25, -0.2) is 8.42 Å². The van der Waals surface area contributed by atoms with Crippen LogP contribution < -0.4 is 4.89 Å². The number of unbranched alkanes of at least 4 members (excludes halogenated alkanes) is 5. The monoisotopic (exact) mass is 359 g/mol. The summed E-state index contributed by atoms with van der Waals surface area (Å²) >= 11 is 4.43. The van der Waals surface area contributed by atoms with E-state index in [9.17, 15) is 8.42 Å². The molecule has 0 aliphatic heterocycles. The Labute approximate surface area is 146 Å². The van der Waals surface area contributed by atoms with Crippen LogP contribution in [0.25, 0.3) is 0 Å². The van der Waals surface area contributed by atoms with Crippen molar-refractivity contribution in [3.8, 4) is 0 Å². The quantitative estimate of drug-likeness (QED) is 0.333. The first-order valence-corrected chi connectivity index (χ1v) is 10.5. The molecule has 0 aromatic heterocycles. The average Bonchev–Trinajstić information content (AvgIpc) is 2.51. The Balaban J connectivity index is 2.48. The molecule has 1 aromatic rings. The van der Waals surface area contributed by atoms with Crippen molar-refractivity contribution in [1.82, 2.24) is 4.89 Å². The zero-order chi connectivity index (χ0) is 17.1. The molecular weight excluding hydrogens is 330 g/mol. The molecule has 23 heavy (non-hydrogen) atoms. The van der Waals surface area contributed by atoms with Gasteiger partial charge in [0.15, 0.2) is 0 Å². The van der Waals surface area contributed by atoms with Crippen LogP contribution in [0.3, 0.4) is 0 Å². The Morgan fingerprint density at radius 1 is 1.09 bits per heavy atom. The highest BCUT2D eigenvalue weighted by atomic mass is 32.2. The molecule has 0 aliphatic carbocycles. The van der Waals surface area contributed by atoms with Gasteiger partial charge in [-0.2, -0.15) is 0 Å². The first-order chi connectivity index (χ1) is 11.0. The Morgan fingerprint density at radius 2 is 1.78 bits per heavy atom. The Morgan fingerprint density at radius 3 is 2.43 bits per heavy atom. The fourth-order valence-corrected chi connectivity index (χ4v) is 3.82. The van der Waals surface area contributed by atoms with E-state index in [2.05, 4.69) is 24.4 Å². The summed E-state index contributed by atoms with van der Waals surface area (Å²) in [6.07, 6.45) is 8.63. The zero-order valence-corrected chi connectivity index (χ0v) is 15.9. The Hall–Kier alpha value is -0.560. The number of nitrogens with one attached hydrogen (secondary N) is 1. The molecule has 0 atom stereocenters. The van der Waals surface area contributed by atoms with Crippen LogP contribution in [-0.2, 0) is 27.0 Å². The first kappa shape index (κ1) is 20.5. The van der Waals surface area contributed by atoms with E-state index in [1.165, 1.54) is 44.1 Å². The van der Waals surface area contributed by atoms with Gasteiger partial charge < -0.3 is 0 Å². The van der Waals surface area contributed by atoms with Gasteiger partial charge in [-0.1, -0.05) is 56.0 Å². The fourth-order valence-electron chi connectivity index (χ4n) is 2.38. The molecule has 0 fully saturated rings. The van der Waals surface area contributed by atoms with E-state index in [-0.39, 0.29) is 5.75 Å². The van der Waals surface area contributed by atoms with Crippen molar-refractivity contribution in [1.29, 1.82) is 0 Å². The van der Waals surface area contributed by atoms with Gasteiger partial charge in [0.1, 0.15) is 0 Å². The van der Waals surface area contributed by atoms with Gasteiger partial charge in [0.2, 0.25) is 10.0 Å². The number of sulfonamides is 1. The molecule has 1 N–H and O–H groups in total. The van der Waals surface area contributed by atoms with Gasteiger partial charge in [-0.3, -0.25) is 4.84 Å². The molecule has 0 radical (unpaired) electrons. The molecule has 0 unspecified atom stereocenters. The molecule has 0 saturated carbocycles. The highest BCUT2D eigenvalue weighted by Gasteiger charge is 2.13. The van der Waals surface area contributed by atoms with Gasteiger partial charge in [-0.05, 0) is 37.0 Å². The smallest absolute Gasteiger partial charge is 0.237 e. The second-order valence-electron chi connectivity index (χ2n) is 5.76. The lowest BCUT2D eigenvalue weighted by Gasteiger charge is -2.10. The summed E-state index contributed by atoms with van der Waals surface area (Å²) in [5, 5.41) is 0. The van der Waals surface area contributed by atoms with Crippen molar-refractivity contribution in [2.75, 3.05) is 6.61 Å². The van der Waals surface area contributed by atoms with Gasteiger partial charge in [0.25, 0.3) is 0 Å². The van der Waals surface area contributed by atoms with Crippen molar-refractivity contribution in [3.63, 3.8) is 0 Å². The maximum absolute atomic E-state index is 11.8. The third-order valence-corrected chi connectivity index (χ3v) is 5.12. The molecule has 0 amide bonds. The molecule has 1 aromatic carbocycles. The van der Waals surface area contributed by atoms with Crippen LogP contribution in [0.2, 0.25) is 0 Å². The lowest BCUT2D eigenvalue weighted by atomic mass is 10.0. The number of hydrogen-bond donors (Lipinski definition) is 2. The van der Waals surface area contributed by atoms with E-state index in [0.29, 0.717) is 12.2 Å². The predicted molar refractivity (Wildman–Crippen MR) is 98.2 cm³/mol. The van der Waals surface area contributed by atoms with E-state index >= 15 is 0 Å². The minimum Gasteiger partial charge on any atom is -0.287 e. The summed E-state index contributed by atoms with van der Waals surface area (Å²) in [4.78, 5) is 7.58. The summed E-state index contributed by atoms with van der Waals surface area (Å²) in [5.41, 5.74) is 1.90. The second kappa shape index (κ2) is 11.1. The number of thiol groups is 1. The maximum atomic E-state index is 11.8. The van der Waals surface area contributed by atoms with Crippen molar-refractivity contribution in [2.24, 2.45) is 0 Å². The van der Waals surface area contributed by atoms with Crippen LogP contribution in [-0.4, -0.2) is 15.0 Å². The summed E-state index contributed by atoms with van der Waals surface area (Å²) in [6.45, 7) is 4.24.